The van der Waals surface area contributed by atoms with E-state index >= 15 is 0 Å². The Morgan fingerprint density at radius 2 is 2.25 bits per heavy atom. The van der Waals surface area contributed by atoms with Gasteiger partial charge in [0.25, 0.3) is 0 Å². The van der Waals surface area contributed by atoms with Gasteiger partial charge in [-0.2, -0.15) is 0 Å². The molecule has 1 aromatic rings. The SMILES string of the molecule is Cc1cc(Br)ccc1NCC(C)CC(=O)O. The molecule has 0 spiro atoms. The molecule has 1 aromatic carbocycles. The Labute approximate surface area is 104 Å². The van der Waals surface area contributed by atoms with Gasteiger partial charge in [-0.3, -0.25) is 4.79 Å². The molecular weight excluding hydrogens is 270 g/mol. The summed E-state index contributed by atoms with van der Waals surface area (Å²) in [5, 5.41) is 11.9. The summed E-state index contributed by atoms with van der Waals surface area (Å²) in [5.74, 6) is -0.623. The van der Waals surface area contributed by atoms with Crippen molar-refractivity contribution in [2.24, 2.45) is 5.92 Å². The van der Waals surface area contributed by atoms with Crippen LogP contribution in [0.1, 0.15) is 18.9 Å². The van der Waals surface area contributed by atoms with Crippen molar-refractivity contribution in [1.29, 1.82) is 0 Å². The first kappa shape index (κ1) is 13.0. The first-order chi connectivity index (χ1) is 7.49. The molecule has 0 aliphatic carbocycles. The highest BCUT2D eigenvalue weighted by Crippen LogP contribution is 2.20. The number of aliphatic carboxylic acids is 1. The maximum absolute atomic E-state index is 10.5. The van der Waals surface area contributed by atoms with E-state index in [-0.39, 0.29) is 12.3 Å². The zero-order chi connectivity index (χ0) is 12.1. The topological polar surface area (TPSA) is 49.3 Å². The van der Waals surface area contributed by atoms with Crippen molar-refractivity contribution in [2.75, 3.05) is 11.9 Å². The standard InChI is InChI=1S/C12H16BrNO2/c1-8(5-12(15)16)7-14-11-4-3-10(13)6-9(11)2/h3-4,6,8,14H,5,7H2,1-2H3,(H,15,16). The molecule has 16 heavy (non-hydrogen) atoms. The molecule has 88 valence electrons. The average molecular weight is 286 g/mol. The summed E-state index contributed by atoms with van der Waals surface area (Å²) in [4.78, 5) is 10.5. The van der Waals surface area contributed by atoms with E-state index in [1.807, 2.05) is 32.0 Å². The zero-order valence-electron chi connectivity index (χ0n) is 9.46. The largest absolute Gasteiger partial charge is 0.481 e. The summed E-state index contributed by atoms with van der Waals surface area (Å²) < 4.78 is 1.05. The van der Waals surface area contributed by atoms with Crippen molar-refractivity contribution in [1.82, 2.24) is 0 Å². The highest BCUT2D eigenvalue weighted by Gasteiger charge is 2.07. The van der Waals surface area contributed by atoms with Gasteiger partial charge in [-0.05, 0) is 36.6 Å². The number of aryl methyl sites for hydroxylation is 1. The summed E-state index contributed by atoms with van der Waals surface area (Å²) in [6.45, 7) is 4.62. The molecule has 0 heterocycles. The second-order valence-electron chi connectivity index (χ2n) is 4.04. The fourth-order valence-corrected chi connectivity index (χ4v) is 1.96. The van der Waals surface area contributed by atoms with E-state index in [9.17, 15) is 4.79 Å². The number of nitrogens with one attached hydrogen (secondary N) is 1. The molecule has 2 N–H and O–H groups in total. The average Bonchev–Trinajstić information content (AvgIpc) is 2.15. The van der Waals surface area contributed by atoms with E-state index in [1.165, 1.54) is 0 Å². The van der Waals surface area contributed by atoms with Crippen LogP contribution in [0.5, 0.6) is 0 Å². The molecule has 0 radical (unpaired) electrons. The van der Waals surface area contributed by atoms with Gasteiger partial charge in [-0.25, -0.2) is 0 Å². The first-order valence-corrected chi connectivity index (χ1v) is 6.00. The lowest BCUT2D eigenvalue weighted by atomic mass is 10.1. The molecule has 0 bridgehead atoms. The maximum Gasteiger partial charge on any atom is 0.303 e. The van der Waals surface area contributed by atoms with E-state index in [4.69, 9.17) is 5.11 Å². The minimum absolute atomic E-state index is 0.126. The number of hydrogen-bond acceptors (Lipinski definition) is 2. The summed E-state index contributed by atoms with van der Waals surface area (Å²) in [5.41, 5.74) is 2.21. The number of halogens is 1. The molecule has 0 aliphatic rings. The van der Waals surface area contributed by atoms with Crippen LogP contribution < -0.4 is 5.32 Å². The van der Waals surface area contributed by atoms with Gasteiger partial charge in [0.15, 0.2) is 0 Å². The van der Waals surface area contributed by atoms with Crippen LogP contribution in [0.2, 0.25) is 0 Å². The number of rotatable bonds is 5. The van der Waals surface area contributed by atoms with Crippen LogP contribution in [0.4, 0.5) is 5.69 Å². The quantitative estimate of drug-likeness (QED) is 0.873. The van der Waals surface area contributed by atoms with Gasteiger partial charge in [0.05, 0.1) is 0 Å². The van der Waals surface area contributed by atoms with Gasteiger partial charge >= 0.3 is 5.97 Å². The molecular formula is C12H16BrNO2. The molecule has 0 amide bonds. The first-order valence-electron chi connectivity index (χ1n) is 5.21. The van der Waals surface area contributed by atoms with Crippen LogP contribution in [0.3, 0.4) is 0 Å². The third-order valence-electron chi connectivity index (χ3n) is 2.35. The second kappa shape index (κ2) is 5.89. The number of carboxylic acid groups (broad SMARTS) is 1. The molecule has 0 fully saturated rings. The molecule has 0 aromatic heterocycles. The summed E-state index contributed by atoms with van der Waals surface area (Å²) >= 11 is 3.40. The Hall–Kier alpha value is -1.03. The van der Waals surface area contributed by atoms with Gasteiger partial charge in [0.2, 0.25) is 0 Å². The Balaban J connectivity index is 2.51. The predicted molar refractivity (Wildman–Crippen MR) is 68.8 cm³/mol. The van der Waals surface area contributed by atoms with Gasteiger partial charge in [0.1, 0.15) is 0 Å². The maximum atomic E-state index is 10.5. The normalized spacial score (nSPS) is 12.2. The van der Waals surface area contributed by atoms with Gasteiger partial charge < -0.3 is 10.4 Å². The van der Waals surface area contributed by atoms with Crippen LogP contribution in [-0.4, -0.2) is 17.6 Å². The lowest BCUT2D eigenvalue weighted by Gasteiger charge is -2.13. The van der Waals surface area contributed by atoms with Crippen LogP contribution >= 0.6 is 15.9 Å². The van der Waals surface area contributed by atoms with Crippen molar-refractivity contribution in [3.05, 3.63) is 28.2 Å². The van der Waals surface area contributed by atoms with Crippen molar-refractivity contribution in [3.8, 4) is 0 Å². The third-order valence-corrected chi connectivity index (χ3v) is 2.85. The smallest absolute Gasteiger partial charge is 0.303 e. The van der Waals surface area contributed by atoms with Crippen LogP contribution in [0.25, 0.3) is 0 Å². The molecule has 0 saturated carbocycles. The lowest BCUT2D eigenvalue weighted by molar-refractivity contribution is -0.137. The molecule has 1 rings (SSSR count). The molecule has 4 heteroatoms. The molecule has 0 aliphatic heterocycles. The van der Waals surface area contributed by atoms with E-state index in [0.29, 0.717) is 6.54 Å². The minimum Gasteiger partial charge on any atom is -0.481 e. The Morgan fingerprint density at radius 3 is 2.81 bits per heavy atom. The monoisotopic (exact) mass is 285 g/mol. The Kier molecular flexibility index (Phi) is 4.80. The molecule has 3 nitrogen and oxygen atoms in total. The zero-order valence-corrected chi connectivity index (χ0v) is 11.0. The molecule has 1 unspecified atom stereocenters. The third kappa shape index (κ3) is 4.23. The predicted octanol–water partition coefficient (Wildman–Crippen LogP) is 3.28. The van der Waals surface area contributed by atoms with Crippen LogP contribution in [0, 0.1) is 12.8 Å². The number of anilines is 1. The fraction of sp³-hybridized carbons (Fsp3) is 0.417. The highest BCUT2D eigenvalue weighted by molar-refractivity contribution is 9.10. The second-order valence-corrected chi connectivity index (χ2v) is 4.96. The fourth-order valence-electron chi connectivity index (χ4n) is 1.48. The number of hydrogen-bond donors (Lipinski definition) is 2. The summed E-state index contributed by atoms with van der Waals surface area (Å²) in [6.07, 6.45) is 0.197. The summed E-state index contributed by atoms with van der Waals surface area (Å²) in [7, 11) is 0. The van der Waals surface area contributed by atoms with Crippen molar-refractivity contribution in [3.63, 3.8) is 0 Å². The van der Waals surface area contributed by atoms with E-state index < -0.39 is 5.97 Å². The van der Waals surface area contributed by atoms with Gasteiger partial charge in [-0.1, -0.05) is 22.9 Å². The highest BCUT2D eigenvalue weighted by atomic mass is 79.9. The number of benzene rings is 1. The van der Waals surface area contributed by atoms with E-state index in [2.05, 4.69) is 21.2 Å². The lowest BCUT2D eigenvalue weighted by Crippen LogP contribution is -2.15. The summed E-state index contributed by atoms with van der Waals surface area (Å²) in [6, 6.07) is 5.99. The van der Waals surface area contributed by atoms with Crippen LogP contribution in [0.15, 0.2) is 22.7 Å². The molecule has 0 saturated heterocycles. The van der Waals surface area contributed by atoms with E-state index in [1.54, 1.807) is 0 Å². The van der Waals surface area contributed by atoms with Gasteiger partial charge in [-0.15, -0.1) is 0 Å². The van der Waals surface area contributed by atoms with Crippen molar-refractivity contribution >= 4 is 27.6 Å². The Bertz CT molecular complexity index is 379. The van der Waals surface area contributed by atoms with E-state index in [0.717, 1.165) is 15.7 Å². The Morgan fingerprint density at radius 1 is 1.56 bits per heavy atom. The molecule has 1 atom stereocenters. The van der Waals surface area contributed by atoms with Crippen molar-refractivity contribution < 1.29 is 9.90 Å². The minimum atomic E-state index is -0.748. The number of carboxylic acids is 1. The van der Waals surface area contributed by atoms with Crippen molar-refractivity contribution in [2.45, 2.75) is 20.3 Å². The van der Waals surface area contributed by atoms with Gasteiger partial charge in [0, 0.05) is 23.1 Å². The van der Waals surface area contributed by atoms with Crippen LogP contribution in [-0.2, 0) is 4.79 Å². The number of carbonyl (C=O) groups is 1.